The summed E-state index contributed by atoms with van der Waals surface area (Å²) in [6, 6.07) is 16.6. The first-order valence-electron chi connectivity index (χ1n) is 10.2. The van der Waals surface area contributed by atoms with Gasteiger partial charge in [0.25, 0.3) is 0 Å². The summed E-state index contributed by atoms with van der Waals surface area (Å²) in [5.41, 5.74) is 2.27. The minimum atomic E-state index is 0.206. The van der Waals surface area contributed by atoms with Crippen molar-refractivity contribution in [1.82, 2.24) is 9.80 Å². The van der Waals surface area contributed by atoms with Gasteiger partial charge in [-0.2, -0.15) is 0 Å². The first kappa shape index (κ1) is 20.6. The topological polar surface area (TPSA) is 56.2 Å². The van der Waals surface area contributed by atoms with Crippen LogP contribution in [0.2, 0.25) is 0 Å². The standard InChI is InChI=1S/C23H32N2O3/c1-28-22-11-5-10-20(23(22)27)17-24-14-15-25(21(18-24)12-16-26)13-6-9-19-7-3-2-4-8-19/h2-5,7-8,10-11,21,26-27H,6,9,12-18H2,1H3/t21-/m0/s1. The molecular weight excluding hydrogens is 352 g/mol. The molecule has 1 atom stereocenters. The van der Waals surface area contributed by atoms with Gasteiger partial charge in [0.1, 0.15) is 0 Å². The third-order valence-electron chi connectivity index (χ3n) is 5.60. The van der Waals surface area contributed by atoms with E-state index < -0.39 is 0 Å². The maximum Gasteiger partial charge on any atom is 0.162 e. The summed E-state index contributed by atoms with van der Waals surface area (Å²) in [7, 11) is 1.57. The van der Waals surface area contributed by atoms with Crippen molar-refractivity contribution in [1.29, 1.82) is 0 Å². The van der Waals surface area contributed by atoms with Crippen molar-refractivity contribution in [2.75, 3.05) is 39.9 Å². The number of ether oxygens (including phenoxy) is 1. The number of hydrogen-bond donors (Lipinski definition) is 2. The first-order chi connectivity index (χ1) is 13.7. The number of aromatic hydroxyl groups is 1. The van der Waals surface area contributed by atoms with Gasteiger partial charge in [0.15, 0.2) is 11.5 Å². The quantitative estimate of drug-likeness (QED) is 0.696. The number of rotatable bonds is 9. The summed E-state index contributed by atoms with van der Waals surface area (Å²) in [5.74, 6) is 0.748. The Hall–Kier alpha value is -2.08. The van der Waals surface area contributed by atoms with Crippen LogP contribution in [0.15, 0.2) is 48.5 Å². The summed E-state index contributed by atoms with van der Waals surface area (Å²) >= 11 is 0. The molecule has 1 heterocycles. The molecule has 2 aromatic carbocycles. The van der Waals surface area contributed by atoms with E-state index in [1.54, 1.807) is 13.2 Å². The average Bonchev–Trinajstić information content (AvgIpc) is 2.72. The SMILES string of the molecule is COc1cccc(CN2CCN(CCCc3ccccc3)[C@@H](CCO)C2)c1O. The molecule has 5 heteroatoms. The van der Waals surface area contributed by atoms with E-state index in [-0.39, 0.29) is 12.4 Å². The smallest absolute Gasteiger partial charge is 0.162 e. The van der Waals surface area contributed by atoms with Crippen molar-refractivity contribution >= 4 is 0 Å². The lowest BCUT2D eigenvalue weighted by Gasteiger charge is -2.41. The van der Waals surface area contributed by atoms with Crippen LogP contribution in [0.4, 0.5) is 0 Å². The summed E-state index contributed by atoms with van der Waals surface area (Å²) in [6.45, 7) is 4.81. The largest absolute Gasteiger partial charge is 0.504 e. The van der Waals surface area contributed by atoms with Crippen LogP contribution in [0.5, 0.6) is 11.5 Å². The van der Waals surface area contributed by atoms with Crippen LogP contribution in [0.25, 0.3) is 0 Å². The molecule has 1 saturated heterocycles. The number of methoxy groups -OCH3 is 1. The number of hydrogen-bond acceptors (Lipinski definition) is 5. The fourth-order valence-corrected chi connectivity index (χ4v) is 4.05. The second-order valence-electron chi connectivity index (χ2n) is 7.49. The second kappa shape index (κ2) is 10.5. The molecule has 0 amide bonds. The monoisotopic (exact) mass is 384 g/mol. The number of benzene rings is 2. The molecule has 0 aromatic heterocycles. The van der Waals surface area contributed by atoms with E-state index in [0.717, 1.165) is 51.0 Å². The highest BCUT2D eigenvalue weighted by Crippen LogP contribution is 2.30. The number of piperazine rings is 1. The van der Waals surface area contributed by atoms with Crippen molar-refractivity contribution in [3.63, 3.8) is 0 Å². The Morgan fingerprint density at radius 3 is 2.64 bits per heavy atom. The molecule has 0 radical (unpaired) electrons. The lowest BCUT2D eigenvalue weighted by atomic mass is 10.1. The van der Waals surface area contributed by atoms with Crippen LogP contribution in [0.1, 0.15) is 24.0 Å². The molecular formula is C23H32N2O3. The molecule has 0 bridgehead atoms. The molecule has 0 saturated carbocycles. The zero-order valence-electron chi connectivity index (χ0n) is 16.8. The summed E-state index contributed by atoms with van der Waals surface area (Å²) in [5, 5.41) is 19.9. The van der Waals surface area contributed by atoms with E-state index in [2.05, 4.69) is 40.1 Å². The van der Waals surface area contributed by atoms with Gasteiger partial charge in [0, 0.05) is 44.4 Å². The summed E-state index contributed by atoms with van der Waals surface area (Å²) < 4.78 is 5.22. The Kier molecular flexibility index (Phi) is 7.71. The molecule has 1 aliphatic rings. The van der Waals surface area contributed by atoms with Crippen LogP contribution < -0.4 is 4.74 Å². The van der Waals surface area contributed by atoms with Crippen molar-refractivity contribution in [2.45, 2.75) is 31.8 Å². The molecule has 2 aromatic rings. The Labute approximate surface area is 168 Å². The molecule has 0 aliphatic carbocycles. The number of aliphatic hydroxyl groups excluding tert-OH is 1. The lowest BCUT2D eigenvalue weighted by molar-refractivity contribution is 0.0543. The minimum Gasteiger partial charge on any atom is -0.504 e. The van der Waals surface area contributed by atoms with Gasteiger partial charge >= 0.3 is 0 Å². The third-order valence-corrected chi connectivity index (χ3v) is 5.60. The molecule has 0 unspecified atom stereocenters. The van der Waals surface area contributed by atoms with E-state index in [0.29, 0.717) is 18.3 Å². The number of nitrogens with zero attached hydrogens (tertiary/aromatic N) is 2. The van der Waals surface area contributed by atoms with Gasteiger partial charge in [-0.15, -0.1) is 0 Å². The van der Waals surface area contributed by atoms with Gasteiger partial charge in [0.05, 0.1) is 7.11 Å². The maximum atomic E-state index is 10.4. The fourth-order valence-electron chi connectivity index (χ4n) is 4.05. The van der Waals surface area contributed by atoms with E-state index in [1.165, 1.54) is 5.56 Å². The van der Waals surface area contributed by atoms with Gasteiger partial charge in [-0.3, -0.25) is 9.80 Å². The molecule has 28 heavy (non-hydrogen) atoms. The molecule has 5 nitrogen and oxygen atoms in total. The lowest BCUT2D eigenvalue weighted by Crippen LogP contribution is -2.53. The zero-order chi connectivity index (χ0) is 19.8. The van der Waals surface area contributed by atoms with Crippen molar-refractivity contribution in [3.05, 3.63) is 59.7 Å². The first-order valence-corrected chi connectivity index (χ1v) is 10.2. The molecule has 3 rings (SSSR count). The van der Waals surface area contributed by atoms with Crippen LogP contribution in [0.3, 0.4) is 0 Å². The van der Waals surface area contributed by atoms with Crippen LogP contribution in [0, 0.1) is 0 Å². The Bertz CT molecular complexity index is 723. The predicted octanol–water partition coefficient (Wildman–Crippen LogP) is 2.90. The highest BCUT2D eigenvalue weighted by molar-refractivity contribution is 5.45. The molecule has 1 fully saturated rings. The van der Waals surface area contributed by atoms with E-state index >= 15 is 0 Å². The predicted molar refractivity (Wildman–Crippen MR) is 112 cm³/mol. The summed E-state index contributed by atoms with van der Waals surface area (Å²) in [6.07, 6.45) is 3.00. The zero-order valence-corrected chi connectivity index (χ0v) is 16.8. The van der Waals surface area contributed by atoms with Gasteiger partial charge in [-0.1, -0.05) is 42.5 Å². The number of aryl methyl sites for hydroxylation is 1. The van der Waals surface area contributed by atoms with E-state index in [9.17, 15) is 10.2 Å². The van der Waals surface area contributed by atoms with Gasteiger partial charge in [-0.25, -0.2) is 0 Å². The van der Waals surface area contributed by atoms with Crippen LogP contribution in [-0.2, 0) is 13.0 Å². The Balaban J connectivity index is 1.54. The van der Waals surface area contributed by atoms with E-state index in [1.807, 2.05) is 12.1 Å². The maximum absolute atomic E-state index is 10.4. The Morgan fingerprint density at radius 1 is 1.07 bits per heavy atom. The van der Waals surface area contributed by atoms with Crippen LogP contribution >= 0.6 is 0 Å². The fraction of sp³-hybridized carbons (Fsp3) is 0.478. The average molecular weight is 385 g/mol. The number of phenolic OH excluding ortho intramolecular Hbond substituents is 1. The molecule has 2 N–H and O–H groups in total. The van der Waals surface area contributed by atoms with Crippen LogP contribution in [-0.4, -0.2) is 66.0 Å². The van der Waals surface area contributed by atoms with Crippen molar-refractivity contribution in [2.24, 2.45) is 0 Å². The highest BCUT2D eigenvalue weighted by atomic mass is 16.5. The van der Waals surface area contributed by atoms with Gasteiger partial charge in [0.2, 0.25) is 0 Å². The normalized spacial score (nSPS) is 18.3. The summed E-state index contributed by atoms with van der Waals surface area (Å²) in [4.78, 5) is 4.88. The second-order valence-corrected chi connectivity index (χ2v) is 7.49. The van der Waals surface area contributed by atoms with E-state index in [4.69, 9.17) is 4.74 Å². The third kappa shape index (κ3) is 5.47. The molecule has 1 aliphatic heterocycles. The minimum absolute atomic E-state index is 0.206. The van der Waals surface area contributed by atoms with Gasteiger partial charge < -0.3 is 14.9 Å². The number of phenols is 1. The van der Waals surface area contributed by atoms with Crippen molar-refractivity contribution < 1.29 is 14.9 Å². The number of para-hydroxylation sites is 1. The Morgan fingerprint density at radius 2 is 1.89 bits per heavy atom. The van der Waals surface area contributed by atoms with Gasteiger partial charge in [-0.05, 0) is 37.4 Å². The molecule has 152 valence electrons. The number of aliphatic hydroxyl groups is 1. The molecule has 0 spiro atoms. The highest BCUT2D eigenvalue weighted by Gasteiger charge is 2.26. The van der Waals surface area contributed by atoms with Crippen molar-refractivity contribution in [3.8, 4) is 11.5 Å².